The van der Waals surface area contributed by atoms with E-state index >= 15 is 0 Å². The minimum absolute atomic E-state index is 0.748. The summed E-state index contributed by atoms with van der Waals surface area (Å²) in [6.45, 7) is 10.5. The van der Waals surface area contributed by atoms with Crippen LogP contribution in [-0.4, -0.2) is 36.1 Å². The van der Waals surface area contributed by atoms with E-state index in [0.717, 1.165) is 72.6 Å². The van der Waals surface area contributed by atoms with Crippen molar-refractivity contribution in [2.75, 3.05) is 31.5 Å². The van der Waals surface area contributed by atoms with Crippen molar-refractivity contribution < 1.29 is 4.40 Å². The van der Waals surface area contributed by atoms with Gasteiger partial charge in [-0.05, 0) is 37.2 Å². The van der Waals surface area contributed by atoms with Crippen LogP contribution in [0.3, 0.4) is 0 Å². The van der Waals surface area contributed by atoms with Gasteiger partial charge in [-0.2, -0.15) is 9.66 Å². The monoisotopic (exact) mass is 350 g/mol. The molecule has 3 rings (SSSR count). The number of imidazole rings is 1. The Morgan fingerprint density at radius 2 is 1.96 bits per heavy atom. The third-order valence-corrected chi connectivity index (χ3v) is 4.99. The quantitative estimate of drug-likeness (QED) is 0.612. The van der Waals surface area contributed by atoms with Gasteiger partial charge in [0.1, 0.15) is 22.7 Å². The second-order valence-electron chi connectivity index (χ2n) is 6.57. The lowest BCUT2D eigenvalue weighted by Crippen LogP contribution is -2.33. The summed E-state index contributed by atoms with van der Waals surface area (Å²) in [5.41, 5.74) is 4.87. The number of aromatic nitrogens is 2. The summed E-state index contributed by atoms with van der Waals surface area (Å²) >= 11 is 0. The van der Waals surface area contributed by atoms with E-state index in [9.17, 15) is 5.26 Å². The van der Waals surface area contributed by atoms with Crippen LogP contribution in [0.5, 0.6) is 0 Å². The van der Waals surface area contributed by atoms with Gasteiger partial charge < -0.3 is 10.2 Å². The first-order valence-electron chi connectivity index (χ1n) is 9.58. The molecule has 0 saturated heterocycles. The van der Waals surface area contributed by atoms with Gasteiger partial charge in [0.25, 0.3) is 0 Å². The first-order chi connectivity index (χ1) is 12.7. The van der Waals surface area contributed by atoms with Crippen LogP contribution in [-0.2, 0) is 6.42 Å². The van der Waals surface area contributed by atoms with Crippen molar-refractivity contribution in [2.24, 2.45) is 0 Å². The number of rotatable bonds is 8. The van der Waals surface area contributed by atoms with Crippen LogP contribution in [0, 0.1) is 11.3 Å². The third-order valence-electron chi connectivity index (χ3n) is 4.99. The fourth-order valence-electron chi connectivity index (χ4n) is 3.56. The van der Waals surface area contributed by atoms with Crippen molar-refractivity contribution in [3.8, 4) is 6.07 Å². The highest BCUT2D eigenvalue weighted by Crippen LogP contribution is 2.21. The number of anilines is 1. The molecule has 3 aromatic rings. The molecule has 0 saturated carbocycles. The molecule has 2 heterocycles. The Morgan fingerprint density at radius 3 is 2.65 bits per heavy atom. The molecule has 0 unspecified atom stereocenters. The number of aromatic amines is 1. The topological polar surface area (TPSA) is 58.9 Å². The van der Waals surface area contributed by atoms with Crippen LogP contribution in [0.1, 0.15) is 38.3 Å². The summed E-state index contributed by atoms with van der Waals surface area (Å²) < 4.78 is 2.15. The number of aryl methyl sites for hydroxylation is 1. The summed E-state index contributed by atoms with van der Waals surface area (Å²) in [6.07, 6.45) is 1.92. The zero-order valence-corrected chi connectivity index (χ0v) is 16.0. The second kappa shape index (κ2) is 8.20. The normalized spacial score (nSPS) is 11.3. The van der Waals surface area contributed by atoms with Crippen molar-refractivity contribution in [3.63, 3.8) is 0 Å². The molecule has 2 aromatic heterocycles. The lowest BCUT2D eigenvalue weighted by atomic mass is 10.1. The molecule has 0 radical (unpaired) electrons. The van der Waals surface area contributed by atoms with Gasteiger partial charge in [-0.3, -0.25) is 4.98 Å². The first kappa shape index (κ1) is 18.2. The fourth-order valence-corrected chi connectivity index (χ4v) is 3.56. The van der Waals surface area contributed by atoms with E-state index in [2.05, 4.69) is 64.6 Å². The van der Waals surface area contributed by atoms with Crippen molar-refractivity contribution in [1.29, 1.82) is 5.26 Å². The van der Waals surface area contributed by atoms with Gasteiger partial charge in [0.05, 0.1) is 6.54 Å². The summed E-state index contributed by atoms with van der Waals surface area (Å²) in [4.78, 5) is 5.85. The fraction of sp³-hybridized carbons (Fsp3) is 0.429. The number of para-hydroxylation sites is 2. The molecule has 0 spiro atoms. The molecule has 26 heavy (non-hydrogen) atoms. The summed E-state index contributed by atoms with van der Waals surface area (Å²) in [6, 6.07) is 12.8. The van der Waals surface area contributed by atoms with Gasteiger partial charge in [0.2, 0.25) is 11.5 Å². The molecule has 0 bridgehead atoms. The Kier molecular flexibility index (Phi) is 5.75. The maximum absolute atomic E-state index is 9.76. The molecule has 0 amide bonds. The van der Waals surface area contributed by atoms with Gasteiger partial charge in [0, 0.05) is 12.6 Å². The third kappa shape index (κ3) is 3.38. The van der Waals surface area contributed by atoms with E-state index in [1.807, 2.05) is 12.1 Å². The number of benzene rings is 1. The molecular weight excluding hydrogens is 322 g/mol. The molecular formula is C21H28N5+. The van der Waals surface area contributed by atoms with E-state index in [4.69, 9.17) is 0 Å². The number of pyridine rings is 1. The zero-order chi connectivity index (χ0) is 18.5. The molecule has 0 atom stereocenters. The Hall–Kier alpha value is -2.58. The Balaban J connectivity index is 2.09. The highest BCUT2D eigenvalue weighted by Gasteiger charge is 2.21. The lowest BCUT2D eigenvalue weighted by molar-refractivity contribution is -0.465. The predicted molar refractivity (Wildman–Crippen MR) is 106 cm³/mol. The summed E-state index contributed by atoms with van der Waals surface area (Å²) in [7, 11) is 0. The largest absolute Gasteiger partial charge is 0.304 e. The molecule has 136 valence electrons. The highest BCUT2D eigenvalue weighted by molar-refractivity contribution is 5.77. The average Bonchev–Trinajstić information content (AvgIpc) is 3.05. The maximum atomic E-state index is 9.76. The van der Waals surface area contributed by atoms with E-state index in [-0.39, 0.29) is 0 Å². The predicted octanol–water partition coefficient (Wildman–Crippen LogP) is 3.48. The molecule has 0 aliphatic rings. The average molecular weight is 350 g/mol. The number of hydrogen-bond acceptors (Lipinski definition) is 3. The standard InChI is InChI=1S/C21H27N5/c1-4-9-16-14-20(23-12-13-25(5-2)6-3)26-19-11-8-7-10-18(19)24-21(26)17(16)15-22/h7-8,10-11,14H,4-6,9,12-13H2,1-3H3,(H,23,24)/p+1. The van der Waals surface area contributed by atoms with E-state index in [1.165, 1.54) is 0 Å². The number of hydrogen-bond donors (Lipinski definition) is 2. The number of fused-ring (bicyclic) bond motifs is 3. The summed E-state index contributed by atoms with van der Waals surface area (Å²) in [5, 5.41) is 13.4. The van der Waals surface area contributed by atoms with Crippen LogP contribution >= 0.6 is 0 Å². The molecule has 5 nitrogen and oxygen atoms in total. The van der Waals surface area contributed by atoms with Gasteiger partial charge in [-0.15, -0.1) is 0 Å². The Labute approximate surface area is 155 Å². The number of nitrogens with one attached hydrogen (secondary N) is 2. The Morgan fingerprint density at radius 1 is 1.19 bits per heavy atom. The van der Waals surface area contributed by atoms with E-state index < -0.39 is 0 Å². The SMILES string of the molecule is CCCc1cc(NCCN(CC)CC)[n+]2c([nH]c3ccccc32)c1C#N. The van der Waals surface area contributed by atoms with Gasteiger partial charge in [-0.25, -0.2) is 0 Å². The highest BCUT2D eigenvalue weighted by atomic mass is 15.2. The van der Waals surface area contributed by atoms with Crippen LogP contribution < -0.4 is 9.72 Å². The van der Waals surface area contributed by atoms with Crippen LogP contribution in [0.4, 0.5) is 5.82 Å². The smallest absolute Gasteiger partial charge is 0.250 e. The number of H-pyrrole nitrogens is 1. The first-order valence-corrected chi connectivity index (χ1v) is 9.58. The summed E-state index contributed by atoms with van der Waals surface area (Å²) in [5.74, 6) is 1.05. The van der Waals surface area contributed by atoms with Crippen molar-refractivity contribution in [1.82, 2.24) is 9.88 Å². The van der Waals surface area contributed by atoms with Crippen LogP contribution in [0.25, 0.3) is 16.7 Å². The second-order valence-corrected chi connectivity index (χ2v) is 6.57. The van der Waals surface area contributed by atoms with E-state index in [0.29, 0.717) is 0 Å². The van der Waals surface area contributed by atoms with Gasteiger partial charge >= 0.3 is 0 Å². The van der Waals surface area contributed by atoms with Crippen molar-refractivity contribution >= 4 is 22.5 Å². The van der Waals surface area contributed by atoms with Crippen LogP contribution in [0.15, 0.2) is 30.3 Å². The molecule has 1 aromatic carbocycles. The Bertz CT molecular complexity index is 931. The van der Waals surface area contributed by atoms with Crippen molar-refractivity contribution in [2.45, 2.75) is 33.6 Å². The number of likely N-dealkylation sites (N-methyl/N-ethyl adjacent to an activating group) is 1. The molecule has 5 heteroatoms. The van der Waals surface area contributed by atoms with E-state index in [1.54, 1.807) is 0 Å². The molecule has 2 N–H and O–H groups in total. The molecule has 0 aliphatic heterocycles. The van der Waals surface area contributed by atoms with Crippen LogP contribution in [0.2, 0.25) is 0 Å². The maximum Gasteiger partial charge on any atom is 0.250 e. The van der Waals surface area contributed by atoms with Crippen molar-refractivity contribution in [3.05, 3.63) is 41.5 Å². The lowest BCUT2D eigenvalue weighted by Gasteiger charge is -2.17. The molecule has 0 aliphatic carbocycles. The number of nitrogens with zero attached hydrogens (tertiary/aromatic N) is 3. The minimum atomic E-state index is 0.748. The van der Waals surface area contributed by atoms with Gasteiger partial charge in [0.15, 0.2) is 0 Å². The molecule has 0 fully saturated rings. The zero-order valence-electron chi connectivity index (χ0n) is 16.0. The minimum Gasteiger partial charge on any atom is -0.304 e. The van der Waals surface area contributed by atoms with Gasteiger partial charge in [-0.1, -0.05) is 39.3 Å². The number of nitriles is 1.